The van der Waals surface area contributed by atoms with E-state index in [0.29, 0.717) is 13.0 Å². The fourth-order valence-electron chi connectivity index (χ4n) is 1.62. The third-order valence-corrected chi connectivity index (χ3v) is 4.97. The van der Waals surface area contributed by atoms with E-state index in [1.54, 1.807) is 11.8 Å². The molecule has 0 aromatic heterocycles. The number of sulfonamides is 1. The summed E-state index contributed by atoms with van der Waals surface area (Å²) in [5, 5.41) is 7.61. The normalized spacial score (nSPS) is 25.6. The smallest absolute Gasteiger partial charge is 0.235 e. The van der Waals surface area contributed by atoms with Gasteiger partial charge in [0.15, 0.2) is 0 Å². The quantitative estimate of drug-likeness (QED) is 0.689. The predicted molar refractivity (Wildman–Crippen MR) is 65.7 cm³/mol. The standard InChI is InChI=1S/C9H18N2O3S2/c1-9(4-2-6-15-9)8(12)11-5-3-7-16(10,13)14/h2-7H2,1H3,(H,11,12)(H2,10,13,14). The van der Waals surface area contributed by atoms with E-state index in [0.717, 1.165) is 18.6 Å². The Kier molecular flexibility index (Phi) is 4.63. The summed E-state index contributed by atoms with van der Waals surface area (Å²) in [7, 11) is -3.41. The summed E-state index contributed by atoms with van der Waals surface area (Å²) < 4.78 is 21.0. The second kappa shape index (κ2) is 5.37. The minimum Gasteiger partial charge on any atom is -0.355 e. The first-order chi connectivity index (χ1) is 7.33. The van der Waals surface area contributed by atoms with Crippen LogP contribution in [0.3, 0.4) is 0 Å². The van der Waals surface area contributed by atoms with E-state index in [1.807, 2.05) is 6.92 Å². The third-order valence-electron chi connectivity index (χ3n) is 2.59. The van der Waals surface area contributed by atoms with Gasteiger partial charge in [0, 0.05) is 6.54 Å². The zero-order chi connectivity index (χ0) is 12.2. The van der Waals surface area contributed by atoms with Crippen molar-refractivity contribution in [2.75, 3.05) is 18.1 Å². The highest BCUT2D eigenvalue weighted by Gasteiger charge is 2.36. The summed E-state index contributed by atoms with van der Waals surface area (Å²) in [6.45, 7) is 2.30. The Morgan fingerprint density at radius 1 is 1.56 bits per heavy atom. The molecule has 0 aliphatic carbocycles. The fourth-order valence-corrected chi connectivity index (χ4v) is 3.40. The summed E-state index contributed by atoms with van der Waals surface area (Å²) in [6.07, 6.45) is 2.32. The van der Waals surface area contributed by atoms with Crippen LogP contribution in [0.5, 0.6) is 0 Å². The molecule has 1 unspecified atom stereocenters. The second-order valence-electron chi connectivity index (χ2n) is 4.16. The number of rotatable bonds is 5. The maximum atomic E-state index is 11.8. The topological polar surface area (TPSA) is 89.3 Å². The highest BCUT2D eigenvalue weighted by Crippen LogP contribution is 2.37. The van der Waals surface area contributed by atoms with Gasteiger partial charge in [0.1, 0.15) is 0 Å². The third kappa shape index (κ3) is 4.31. The van der Waals surface area contributed by atoms with Crippen LogP contribution >= 0.6 is 11.8 Å². The molecule has 94 valence electrons. The van der Waals surface area contributed by atoms with E-state index in [2.05, 4.69) is 5.32 Å². The molecular formula is C9H18N2O3S2. The number of nitrogens with two attached hydrogens (primary N) is 1. The molecule has 1 saturated heterocycles. The van der Waals surface area contributed by atoms with Crippen molar-refractivity contribution in [3.05, 3.63) is 0 Å². The molecule has 1 atom stereocenters. The molecule has 1 fully saturated rings. The number of primary sulfonamides is 1. The van der Waals surface area contributed by atoms with Crippen molar-refractivity contribution in [3.8, 4) is 0 Å². The van der Waals surface area contributed by atoms with Gasteiger partial charge in [-0.25, -0.2) is 13.6 Å². The Morgan fingerprint density at radius 2 is 2.25 bits per heavy atom. The summed E-state index contributed by atoms with van der Waals surface area (Å²) in [5.74, 6) is 0.933. The lowest BCUT2D eigenvalue weighted by atomic mass is 10.1. The molecule has 0 spiro atoms. The number of nitrogens with one attached hydrogen (secondary N) is 1. The molecule has 0 saturated carbocycles. The van der Waals surface area contributed by atoms with Gasteiger partial charge in [0.2, 0.25) is 15.9 Å². The van der Waals surface area contributed by atoms with E-state index in [-0.39, 0.29) is 16.4 Å². The Balaban J connectivity index is 2.25. The van der Waals surface area contributed by atoms with Crippen LogP contribution in [0.25, 0.3) is 0 Å². The molecule has 16 heavy (non-hydrogen) atoms. The fraction of sp³-hybridized carbons (Fsp3) is 0.889. The van der Waals surface area contributed by atoms with E-state index >= 15 is 0 Å². The van der Waals surface area contributed by atoms with Crippen molar-refractivity contribution < 1.29 is 13.2 Å². The SMILES string of the molecule is CC1(C(=O)NCCCS(N)(=O)=O)CCCS1. The zero-order valence-electron chi connectivity index (χ0n) is 9.36. The molecule has 3 N–H and O–H groups in total. The van der Waals surface area contributed by atoms with Crippen LogP contribution in [-0.2, 0) is 14.8 Å². The number of amides is 1. The van der Waals surface area contributed by atoms with Gasteiger partial charge in [-0.3, -0.25) is 4.79 Å². The molecule has 1 rings (SSSR count). The van der Waals surface area contributed by atoms with Crippen LogP contribution in [0.15, 0.2) is 0 Å². The molecule has 1 amide bonds. The predicted octanol–water partition coefficient (Wildman–Crippen LogP) is 0.0669. The highest BCUT2D eigenvalue weighted by atomic mass is 32.2. The molecular weight excluding hydrogens is 248 g/mol. The van der Waals surface area contributed by atoms with Gasteiger partial charge in [0.25, 0.3) is 0 Å². The molecule has 0 aromatic carbocycles. The van der Waals surface area contributed by atoms with Crippen molar-refractivity contribution in [1.82, 2.24) is 5.32 Å². The Labute approximate surface area is 101 Å². The maximum absolute atomic E-state index is 11.8. The van der Waals surface area contributed by atoms with E-state index in [1.165, 1.54) is 0 Å². The van der Waals surface area contributed by atoms with Gasteiger partial charge in [-0.05, 0) is 31.9 Å². The maximum Gasteiger partial charge on any atom is 0.235 e. The lowest BCUT2D eigenvalue weighted by molar-refractivity contribution is -0.123. The minimum atomic E-state index is -3.41. The monoisotopic (exact) mass is 266 g/mol. The average molecular weight is 266 g/mol. The highest BCUT2D eigenvalue weighted by molar-refractivity contribution is 8.01. The van der Waals surface area contributed by atoms with E-state index in [9.17, 15) is 13.2 Å². The lowest BCUT2D eigenvalue weighted by Crippen LogP contribution is -2.41. The van der Waals surface area contributed by atoms with Crippen molar-refractivity contribution in [3.63, 3.8) is 0 Å². The summed E-state index contributed by atoms with van der Waals surface area (Å²) in [5.41, 5.74) is 0. The van der Waals surface area contributed by atoms with Crippen LogP contribution in [0, 0.1) is 0 Å². The first kappa shape index (κ1) is 13.8. The average Bonchev–Trinajstić information content (AvgIpc) is 2.59. The number of hydrogen-bond donors (Lipinski definition) is 2. The van der Waals surface area contributed by atoms with Crippen molar-refractivity contribution in [1.29, 1.82) is 0 Å². The molecule has 7 heteroatoms. The van der Waals surface area contributed by atoms with Gasteiger partial charge < -0.3 is 5.32 Å². The van der Waals surface area contributed by atoms with Crippen LogP contribution in [0.1, 0.15) is 26.2 Å². The number of hydrogen-bond acceptors (Lipinski definition) is 4. The van der Waals surface area contributed by atoms with Crippen molar-refractivity contribution in [2.24, 2.45) is 5.14 Å². The first-order valence-corrected chi connectivity index (χ1v) is 7.96. The van der Waals surface area contributed by atoms with Gasteiger partial charge >= 0.3 is 0 Å². The molecule has 0 radical (unpaired) electrons. The molecule has 0 bridgehead atoms. The summed E-state index contributed by atoms with van der Waals surface area (Å²) in [6, 6.07) is 0. The van der Waals surface area contributed by atoms with Gasteiger partial charge in [-0.1, -0.05) is 0 Å². The molecule has 1 heterocycles. The molecule has 1 aliphatic rings. The molecule has 5 nitrogen and oxygen atoms in total. The van der Waals surface area contributed by atoms with Crippen LogP contribution in [0.4, 0.5) is 0 Å². The van der Waals surface area contributed by atoms with Gasteiger partial charge in [-0.15, -0.1) is 11.8 Å². The summed E-state index contributed by atoms with van der Waals surface area (Å²) >= 11 is 1.66. The largest absolute Gasteiger partial charge is 0.355 e. The Morgan fingerprint density at radius 3 is 2.75 bits per heavy atom. The van der Waals surface area contributed by atoms with E-state index in [4.69, 9.17) is 5.14 Å². The number of carbonyl (C=O) groups excluding carboxylic acids is 1. The Bertz CT molecular complexity index is 348. The Hall–Kier alpha value is -0.270. The zero-order valence-corrected chi connectivity index (χ0v) is 11.0. The van der Waals surface area contributed by atoms with Crippen LogP contribution < -0.4 is 10.5 Å². The lowest BCUT2D eigenvalue weighted by Gasteiger charge is -2.21. The number of thioether (sulfide) groups is 1. The van der Waals surface area contributed by atoms with Crippen molar-refractivity contribution >= 4 is 27.7 Å². The summed E-state index contributed by atoms with van der Waals surface area (Å²) in [4.78, 5) is 11.8. The van der Waals surface area contributed by atoms with Crippen LogP contribution in [-0.4, -0.2) is 37.1 Å². The number of carbonyl (C=O) groups is 1. The molecule has 1 aliphatic heterocycles. The molecule has 0 aromatic rings. The van der Waals surface area contributed by atoms with E-state index < -0.39 is 10.0 Å². The van der Waals surface area contributed by atoms with Crippen LogP contribution in [0.2, 0.25) is 0 Å². The minimum absolute atomic E-state index is 0.00409. The van der Waals surface area contributed by atoms with Gasteiger partial charge in [-0.2, -0.15) is 0 Å². The first-order valence-electron chi connectivity index (χ1n) is 5.26. The second-order valence-corrected chi connectivity index (χ2v) is 7.49. The van der Waals surface area contributed by atoms with Crippen molar-refractivity contribution in [2.45, 2.75) is 30.9 Å². The van der Waals surface area contributed by atoms with Gasteiger partial charge in [0.05, 0.1) is 10.5 Å².